The van der Waals surface area contributed by atoms with Gasteiger partial charge in [0.15, 0.2) is 5.78 Å². The van der Waals surface area contributed by atoms with Crippen molar-refractivity contribution in [3.63, 3.8) is 0 Å². The summed E-state index contributed by atoms with van der Waals surface area (Å²) in [7, 11) is 0. The zero-order valence-electron chi connectivity index (χ0n) is 16.0. The summed E-state index contributed by atoms with van der Waals surface area (Å²) >= 11 is 1.64. The molecule has 0 saturated carbocycles. The Labute approximate surface area is 163 Å². The van der Waals surface area contributed by atoms with Crippen molar-refractivity contribution in [2.45, 2.75) is 64.8 Å². The number of amides is 1. The van der Waals surface area contributed by atoms with Crippen LogP contribution in [-0.2, 0) is 17.8 Å². The second-order valence-electron chi connectivity index (χ2n) is 7.66. The van der Waals surface area contributed by atoms with Gasteiger partial charge in [0.05, 0.1) is 0 Å². The molecule has 6 nitrogen and oxygen atoms in total. The standard InChI is InChI=1S/C20H26N4O2S/c1-13-11-16(14(2)27-13)17(25)7-8-19(26)23-9-3-5-15(12-23)20-22-21-18-6-4-10-24(18)20/h11,15H,3-10,12H2,1-2H3. The van der Waals surface area contributed by atoms with Crippen molar-refractivity contribution < 1.29 is 9.59 Å². The first-order chi connectivity index (χ1) is 13.0. The molecule has 7 heteroatoms. The molecule has 2 aliphatic heterocycles. The molecule has 2 aromatic rings. The second kappa shape index (κ2) is 7.54. The van der Waals surface area contributed by atoms with Crippen LogP contribution in [0.2, 0.25) is 0 Å². The van der Waals surface area contributed by atoms with E-state index in [2.05, 4.69) is 14.8 Å². The van der Waals surface area contributed by atoms with Crippen LogP contribution < -0.4 is 0 Å². The first-order valence-corrected chi connectivity index (χ1v) is 10.6. The van der Waals surface area contributed by atoms with Crippen molar-refractivity contribution in [2.24, 2.45) is 0 Å². The minimum absolute atomic E-state index is 0.0778. The van der Waals surface area contributed by atoms with Gasteiger partial charge in [0.2, 0.25) is 5.91 Å². The van der Waals surface area contributed by atoms with Crippen LogP contribution in [0.4, 0.5) is 0 Å². The smallest absolute Gasteiger partial charge is 0.223 e. The minimum atomic E-state index is 0.0778. The van der Waals surface area contributed by atoms with Crippen molar-refractivity contribution in [1.82, 2.24) is 19.7 Å². The molecule has 1 saturated heterocycles. The number of rotatable bonds is 5. The SMILES string of the molecule is Cc1cc(C(=O)CCC(=O)N2CCCC(c3nnc4n3CCC4)C2)c(C)s1. The number of thiophene rings is 1. The van der Waals surface area contributed by atoms with Crippen LogP contribution in [0.1, 0.15) is 69.8 Å². The van der Waals surface area contributed by atoms with E-state index in [4.69, 9.17) is 0 Å². The number of carbonyl (C=O) groups is 2. The number of aryl methyl sites for hydroxylation is 3. The molecular weight excluding hydrogens is 360 g/mol. The molecule has 144 valence electrons. The van der Waals surface area contributed by atoms with E-state index >= 15 is 0 Å². The Hall–Kier alpha value is -2.02. The molecule has 1 atom stereocenters. The average molecular weight is 387 g/mol. The van der Waals surface area contributed by atoms with E-state index in [0.717, 1.165) is 65.7 Å². The molecule has 1 amide bonds. The van der Waals surface area contributed by atoms with E-state index in [1.165, 1.54) is 0 Å². The Kier molecular flexibility index (Phi) is 5.12. The van der Waals surface area contributed by atoms with Crippen molar-refractivity contribution in [3.05, 3.63) is 33.0 Å². The number of piperidine rings is 1. The summed E-state index contributed by atoms with van der Waals surface area (Å²) in [5.41, 5.74) is 0.779. The van der Waals surface area contributed by atoms with E-state index in [1.54, 1.807) is 11.3 Å². The van der Waals surface area contributed by atoms with Gasteiger partial charge >= 0.3 is 0 Å². The molecule has 1 fully saturated rings. The lowest BCUT2D eigenvalue weighted by atomic mass is 9.96. The average Bonchev–Trinajstić information content (AvgIpc) is 3.35. The molecule has 0 aromatic carbocycles. The third-order valence-electron chi connectivity index (χ3n) is 5.68. The number of likely N-dealkylation sites (tertiary alicyclic amines) is 1. The first kappa shape index (κ1) is 18.3. The molecule has 4 rings (SSSR count). The van der Waals surface area contributed by atoms with Gasteiger partial charge in [0.1, 0.15) is 11.6 Å². The lowest BCUT2D eigenvalue weighted by Crippen LogP contribution is -2.39. The number of ketones is 1. The second-order valence-corrected chi connectivity index (χ2v) is 9.12. The van der Waals surface area contributed by atoms with Gasteiger partial charge < -0.3 is 9.47 Å². The van der Waals surface area contributed by atoms with Gasteiger partial charge in [-0.25, -0.2) is 0 Å². The molecule has 2 aliphatic rings. The third-order valence-corrected chi connectivity index (χ3v) is 6.65. The fourth-order valence-corrected chi connectivity index (χ4v) is 5.25. The highest BCUT2D eigenvalue weighted by atomic mass is 32.1. The lowest BCUT2D eigenvalue weighted by Gasteiger charge is -2.32. The molecular formula is C20H26N4O2S. The quantitative estimate of drug-likeness (QED) is 0.740. The molecule has 2 aromatic heterocycles. The number of hydrogen-bond acceptors (Lipinski definition) is 5. The normalized spacial score (nSPS) is 19.3. The molecule has 1 unspecified atom stereocenters. The Morgan fingerprint density at radius 2 is 2.04 bits per heavy atom. The number of aromatic nitrogens is 3. The van der Waals surface area contributed by atoms with E-state index in [1.807, 2.05) is 24.8 Å². The van der Waals surface area contributed by atoms with Gasteiger partial charge in [-0.2, -0.15) is 0 Å². The molecule has 4 heterocycles. The minimum Gasteiger partial charge on any atom is -0.342 e. The van der Waals surface area contributed by atoms with Gasteiger partial charge in [-0.05, 0) is 39.2 Å². The Morgan fingerprint density at radius 1 is 1.19 bits per heavy atom. The monoisotopic (exact) mass is 386 g/mol. The van der Waals surface area contributed by atoms with Crippen molar-refractivity contribution in [3.8, 4) is 0 Å². The topological polar surface area (TPSA) is 68.1 Å². The highest BCUT2D eigenvalue weighted by Crippen LogP contribution is 2.29. The van der Waals surface area contributed by atoms with Gasteiger partial charge in [0.25, 0.3) is 0 Å². The summed E-state index contributed by atoms with van der Waals surface area (Å²) < 4.78 is 2.24. The molecule has 0 spiro atoms. The maximum absolute atomic E-state index is 12.7. The summed E-state index contributed by atoms with van der Waals surface area (Å²) in [6, 6.07) is 1.94. The molecule has 0 N–H and O–H groups in total. The predicted octanol–water partition coefficient (Wildman–Crippen LogP) is 3.27. The van der Waals surface area contributed by atoms with Crippen LogP contribution in [0.5, 0.6) is 0 Å². The van der Waals surface area contributed by atoms with E-state index in [0.29, 0.717) is 6.54 Å². The van der Waals surface area contributed by atoms with Crippen LogP contribution >= 0.6 is 11.3 Å². The first-order valence-electron chi connectivity index (χ1n) is 9.83. The highest BCUT2D eigenvalue weighted by Gasteiger charge is 2.30. The zero-order chi connectivity index (χ0) is 19.0. The summed E-state index contributed by atoms with van der Waals surface area (Å²) in [5.74, 6) is 2.55. The maximum atomic E-state index is 12.7. The molecule has 0 radical (unpaired) electrons. The van der Waals surface area contributed by atoms with Gasteiger partial charge in [-0.3, -0.25) is 9.59 Å². The predicted molar refractivity (Wildman–Crippen MR) is 104 cm³/mol. The van der Waals surface area contributed by atoms with Gasteiger partial charge in [0, 0.05) is 60.1 Å². The fourth-order valence-electron chi connectivity index (χ4n) is 4.31. The zero-order valence-corrected chi connectivity index (χ0v) is 16.8. The lowest BCUT2D eigenvalue weighted by molar-refractivity contribution is -0.132. The molecule has 0 aliphatic carbocycles. The molecule has 0 bridgehead atoms. The van der Waals surface area contributed by atoms with E-state index < -0.39 is 0 Å². The van der Waals surface area contributed by atoms with Gasteiger partial charge in [-0.1, -0.05) is 0 Å². The number of carbonyl (C=O) groups excluding carboxylic acids is 2. The molecule has 27 heavy (non-hydrogen) atoms. The van der Waals surface area contributed by atoms with Crippen LogP contribution in [-0.4, -0.2) is 44.4 Å². The number of Topliss-reactive ketones (excluding diaryl/α,β-unsaturated/α-hetero) is 1. The number of fused-ring (bicyclic) bond motifs is 1. The van der Waals surface area contributed by atoms with Crippen molar-refractivity contribution in [1.29, 1.82) is 0 Å². The number of hydrogen-bond donors (Lipinski definition) is 0. The Balaban J connectivity index is 1.36. The van der Waals surface area contributed by atoms with Crippen molar-refractivity contribution in [2.75, 3.05) is 13.1 Å². The number of nitrogens with zero attached hydrogens (tertiary/aromatic N) is 4. The van der Waals surface area contributed by atoms with Crippen LogP contribution in [0.15, 0.2) is 6.07 Å². The Bertz CT molecular complexity index is 869. The maximum Gasteiger partial charge on any atom is 0.223 e. The summed E-state index contributed by atoms with van der Waals surface area (Å²) in [6.07, 6.45) is 4.75. The van der Waals surface area contributed by atoms with Crippen LogP contribution in [0, 0.1) is 13.8 Å². The largest absolute Gasteiger partial charge is 0.342 e. The van der Waals surface area contributed by atoms with Crippen LogP contribution in [0.3, 0.4) is 0 Å². The van der Waals surface area contributed by atoms with Crippen LogP contribution in [0.25, 0.3) is 0 Å². The summed E-state index contributed by atoms with van der Waals surface area (Å²) in [5, 5.41) is 8.71. The Morgan fingerprint density at radius 3 is 2.81 bits per heavy atom. The van der Waals surface area contributed by atoms with E-state index in [-0.39, 0.29) is 30.4 Å². The highest BCUT2D eigenvalue weighted by molar-refractivity contribution is 7.12. The summed E-state index contributed by atoms with van der Waals surface area (Å²) in [6.45, 7) is 6.45. The van der Waals surface area contributed by atoms with E-state index in [9.17, 15) is 9.59 Å². The third kappa shape index (κ3) is 3.70. The van der Waals surface area contributed by atoms with Gasteiger partial charge in [-0.15, -0.1) is 21.5 Å². The fraction of sp³-hybridized carbons (Fsp3) is 0.600. The van der Waals surface area contributed by atoms with Crippen molar-refractivity contribution >= 4 is 23.0 Å². The summed E-state index contributed by atoms with van der Waals surface area (Å²) in [4.78, 5) is 29.3.